The molecule has 1 heterocycles. The van der Waals surface area contributed by atoms with Gasteiger partial charge in [-0.3, -0.25) is 4.98 Å². The Morgan fingerprint density at radius 2 is 2.09 bits per heavy atom. The molecule has 0 saturated heterocycles. The average Bonchev–Trinajstić information content (AvgIpc) is 2.52. The number of nitrogens with zero attached hydrogens (tertiary/aromatic N) is 2. The van der Waals surface area contributed by atoms with Gasteiger partial charge in [0.15, 0.2) is 0 Å². The Morgan fingerprint density at radius 3 is 2.82 bits per heavy atom. The molecule has 0 spiro atoms. The lowest BCUT2D eigenvalue weighted by Gasteiger charge is -2.30. The normalized spacial score (nSPS) is 12.5. The molecular formula is C17H24ClN3O. The topological polar surface area (TPSA) is 62.4 Å². The van der Waals surface area contributed by atoms with Crippen LogP contribution in [-0.2, 0) is 0 Å². The second-order valence-corrected chi connectivity index (χ2v) is 6.00. The Kier molecular flexibility index (Phi) is 6.43. The highest BCUT2D eigenvalue weighted by Crippen LogP contribution is 2.28. The zero-order valence-electron chi connectivity index (χ0n) is 13.0. The molecule has 0 aliphatic rings. The summed E-state index contributed by atoms with van der Waals surface area (Å²) in [6, 6.07) is 7.67. The van der Waals surface area contributed by atoms with E-state index in [0.29, 0.717) is 11.4 Å². The number of aromatic nitrogens is 1. The summed E-state index contributed by atoms with van der Waals surface area (Å²) in [5.41, 5.74) is 1.76. The SMILES string of the molecule is CCCCCC(CCO)N(N)c1ccnc2cc(Cl)ccc12. The van der Waals surface area contributed by atoms with E-state index in [1.165, 1.54) is 12.8 Å². The van der Waals surface area contributed by atoms with Gasteiger partial charge in [-0.25, -0.2) is 5.84 Å². The van der Waals surface area contributed by atoms with Crippen LogP contribution in [0.15, 0.2) is 30.5 Å². The van der Waals surface area contributed by atoms with Crippen molar-refractivity contribution >= 4 is 28.2 Å². The molecule has 0 radical (unpaired) electrons. The molecule has 5 heteroatoms. The maximum atomic E-state index is 9.33. The van der Waals surface area contributed by atoms with Crippen LogP contribution in [0, 0.1) is 0 Å². The van der Waals surface area contributed by atoms with Crippen molar-refractivity contribution in [3.63, 3.8) is 0 Å². The smallest absolute Gasteiger partial charge is 0.0738 e. The second kappa shape index (κ2) is 8.32. The van der Waals surface area contributed by atoms with Crippen LogP contribution >= 0.6 is 11.6 Å². The Bertz CT molecular complexity index is 605. The van der Waals surface area contributed by atoms with Gasteiger partial charge in [-0.2, -0.15) is 0 Å². The number of benzene rings is 1. The monoisotopic (exact) mass is 321 g/mol. The molecule has 3 N–H and O–H groups in total. The summed E-state index contributed by atoms with van der Waals surface area (Å²) in [5, 5.41) is 12.8. The summed E-state index contributed by atoms with van der Waals surface area (Å²) in [5.74, 6) is 6.37. The van der Waals surface area contributed by atoms with Crippen molar-refractivity contribution in [1.82, 2.24) is 4.98 Å². The molecule has 0 aliphatic carbocycles. The van der Waals surface area contributed by atoms with Crippen molar-refractivity contribution < 1.29 is 5.11 Å². The summed E-state index contributed by atoms with van der Waals surface area (Å²) >= 11 is 6.03. The zero-order valence-corrected chi connectivity index (χ0v) is 13.8. The third-order valence-corrected chi connectivity index (χ3v) is 4.19. The zero-order chi connectivity index (χ0) is 15.9. The fraction of sp³-hybridized carbons (Fsp3) is 0.471. The predicted octanol–water partition coefficient (Wildman–Crippen LogP) is 3.90. The quantitative estimate of drug-likeness (QED) is 0.440. The van der Waals surface area contributed by atoms with Crippen LogP contribution in [0.2, 0.25) is 5.02 Å². The molecule has 22 heavy (non-hydrogen) atoms. The van der Waals surface area contributed by atoms with Crippen molar-refractivity contribution in [1.29, 1.82) is 0 Å². The Labute approximate surface area is 136 Å². The van der Waals surface area contributed by atoms with E-state index in [-0.39, 0.29) is 12.6 Å². The van der Waals surface area contributed by atoms with Crippen LogP contribution in [0.4, 0.5) is 5.69 Å². The molecule has 2 aromatic rings. The van der Waals surface area contributed by atoms with Crippen LogP contribution in [-0.4, -0.2) is 22.7 Å². The van der Waals surface area contributed by atoms with Gasteiger partial charge >= 0.3 is 0 Å². The largest absolute Gasteiger partial charge is 0.396 e. The van der Waals surface area contributed by atoms with E-state index in [4.69, 9.17) is 17.4 Å². The van der Waals surface area contributed by atoms with Gasteiger partial charge in [-0.15, -0.1) is 0 Å². The molecule has 1 aromatic heterocycles. The van der Waals surface area contributed by atoms with Crippen molar-refractivity contribution in [3.8, 4) is 0 Å². The van der Waals surface area contributed by atoms with Crippen molar-refractivity contribution in [2.45, 2.75) is 45.1 Å². The number of hydrazine groups is 1. The molecular weight excluding hydrogens is 298 g/mol. The van der Waals surface area contributed by atoms with Crippen LogP contribution in [0.1, 0.15) is 39.0 Å². The van der Waals surface area contributed by atoms with Gasteiger partial charge in [0.2, 0.25) is 0 Å². The molecule has 0 bridgehead atoms. The number of rotatable bonds is 8. The van der Waals surface area contributed by atoms with E-state index >= 15 is 0 Å². The number of hydrogen-bond donors (Lipinski definition) is 2. The van der Waals surface area contributed by atoms with Crippen LogP contribution in [0.25, 0.3) is 10.9 Å². The molecule has 0 aliphatic heterocycles. The minimum absolute atomic E-state index is 0.123. The first kappa shape index (κ1) is 17.0. The maximum Gasteiger partial charge on any atom is 0.0738 e. The van der Waals surface area contributed by atoms with Crippen molar-refractivity contribution in [2.24, 2.45) is 5.84 Å². The summed E-state index contributed by atoms with van der Waals surface area (Å²) in [6.07, 6.45) is 6.86. The van der Waals surface area contributed by atoms with Crippen LogP contribution in [0.3, 0.4) is 0 Å². The van der Waals surface area contributed by atoms with E-state index in [9.17, 15) is 5.11 Å². The summed E-state index contributed by atoms with van der Waals surface area (Å²) in [6.45, 7) is 2.32. The highest BCUT2D eigenvalue weighted by Gasteiger charge is 2.17. The molecule has 0 saturated carbocycles. The van der Waals surface area contributed by atoms with E-state index in [2.05, 4.69) is 11.9 Å². The fourth-order valence-corrected chi connectivity index (χ4v) is 2.90. The third-order valence-electron chi connectivity index (χ3n) is 3.96. The molecule has 1 atom stereocenters. The number of pyridine rings is 1. The summed E-state index contributed by atoms with van der Waals surface area (Å²) < 4.78 is 0. The molecule has 1 unspecified atom stereocenters. The van der Waals surface area contributed by atoms with Gasteiger partial charge in [-0.1, -0.05) is 37.8 Å². The van der Waals surface area contributed by atoms with Gasteiger partial charge in [0.25, 0.3) is 0 Å². The predicted molar refractivity (Wildman–Crippen MR) is 93.1 cm³/mol. The maximum absolute atomic E-state index is 9.33. The van der Waals surface area contributed by atoms with Gasteiger partial charge in [-0.05, 0) is 37.1 Å². The molecule has 120 valence electrons. The number of hydrogen-bond acceptors (Lipinski definition) is 4. The minimum Gasteiger partial charge on any atom is -0.396 e. The Balaban J connectivity index is 2.27. The molecule has 1 aromatic carbocycles. The number of unbranched alkanes of at least 4 members (excludes halogenated alkanes) is 2. The summed E-state index contributed by atoms with van der Waals surface area (Å²) in [4.78, 5) is 4.35. The van der Waals surface area contributed by atoms with Gasteiger partial charge in [0, 0.05) is 29.3 Å². The number of aliphatic hydroxyl groups is 1. The number of anilines is 1. The fourth-order valence-electron chi connectivity index (χ4n) is 2.73. The second-order valence-electron chi connectivity index (χ2n) is 5.56. The van der Waals surface area contributed by atoms with Crippen LogP contribution < -0.4 is 10.9 Å². The average molecular weight is 322 g/mol. The van der Waals surface area contributed by atoms with E-state index < -0.39 is 0 Å². The molecule has 0 fully saturated rings. The van der Waals surface area contributed by atoms with E-state index in [1.807, 2.05) is 24.3 Å². The number of aliphatic hydroxyl groups excluding tert-OH is 1. The lowest BCUT2D eigenvalue weighted by atomic mass is 10.0. The van der Waals surface area contributed by atoms with E-state index in [1.54, 1.807) is 11.2 Å². The number of nitrogens with two attached hydrogens (primary N) is 1. The minimum atomic E-state index is 0.123. The van der Waals surface area contributed by atoms with Crippen molar-refractivity contribution in [3.05, 3.63) is 35.5 Å². The first-order valence-corrected chi connectivity index (χ1v) is 8.24. The highest BCUT2D eigenvalue weighted by atomic mass is 35.5. The summed E-state index contributed by atoms with van der Waals surface area (Å²) in [7, 11) is 0. The van der Waals surface area contributed by atoms with E-state index in [0.717, 1.165) is 29.4 Å². The Morgan fingerprint density at radius 1 is 1.27 bits per heavy atom. The standard InChI is InChI=1S/C17H24ClN3O/c1-2-3-4-5-14(9-11-22)21(19)17-8-10-20-16-12-13(18)6-7-15(16)17/h6-8,10,12,14,22H,2-5,9,11,19H2,1H3. The molecule has 4 nitrogen and oxygen atoms in total. The molecule has 2 rings (SSSR count). The van der Waals surface area contributed by atoms with Crippen LogP contribution in [0.5, 0.6) is 0 Å². The molecule has 0 amide bonds. The third kappa shape index (κ3) is 4.09. The van der Waals surface area contributed by atoms with Gasteiger partial charge < -0.3 is 10.1 Å². The first-order chi connectivity index (χ1) is 10.7. The van der Waals surface area contributed by atoms with Crippen molar-refractivity contribution in [2.75, 3.05) is 11.6 Å². The number of fused-ring (bicyclic) bond motifs is 1. The Hall–Kier alpha value is -1.36. The highest BCUT2D eigenvalue weighted by molar-refractivity contribution is 6.31. The lowest BCUT2D eigenvalue weighted by Crippen LogP contribution is -2.42. The lowest BCUT2D eigenvalue weighted by molar-refractivity contribution is 0.268. The van der Waals surface area contributed by atoms with Gasteiger partial charge in [0.05, 0.1) is 11.2 Å². The first-order valence-electron chi connectivity index (χ1n) is 7.86. The number of halogens is 1. The van der Waals surface area contributed by atoms with Gasteiger partial charge in [0.1, 0.15) is 0 Å².